The molecule has 1 amide bonds. The number of nitrogens with zero attached hydrogens (tertiary/aromatic N) is 1. The topological polar surface area (TPSA) is 66.8 Å². The molecule has 1 atom stereocenters. The second kappa shape index (κ2) is 7.58. The van der Waals surface area contributed by atoms with Crippen molar-refractivity contribution in [1.82, 2.24) is 4.90 Å². The molecule has 1 N–H and O–H groups in total. The van der Waals surface area contributed by atoms with Gasteiger partial charge in [-0.3, -0.25) is 9.59 Å². The molecule has 2 aliphatic rings. The Kier molecular flexibility index (Phi) is 4.74. The summed E-state index contributed by atoms with van der Waals surface area (Å²) in [4.78, 5) is 27.7. The van der Waals surface area contributed by atoms with E-state index in [0.29, 0.717) is 25.1 Å². The van der Waals surface area contributed by atoms with E-state index in [1.165, 1.54) is 0 Å². The average molecular weight is 413 g/mol. The Morgan fingerprint density at radius 2 is 1.90 bits per heavy atom. The summed E-state index contributed by atoms with van der Waals surface area (Å²) in [5, 5.41) is 13.3. The molecule has 1 saturated heterocycles. The van der Waals surface area contributed by atoms with Gasteiger partial charge in [0.25, 0.3) is 11.7 Å². The van der Waals surface area contributed by atoms with E-state index in [1.807, 2.05) is 61.5 Å². The fourth-order valence-electron chi connectivity index (χ4n) is 4.65. The Labute approximate surface area is 180 Å². The lowest BCUT2D eigenvalue weighted by Crippen LogP contribution is -2.30. The maximum atomic E-state index is 13.1. The van der Waals surface area contributed by atoms with E-state index in [9.17, 15) is 14.7 Å². The molecule has 0 radical (unpaired) electrons. The Bertz CT molecular complexity index is 1240. The molecule has 2 heterocycles. The second-order valence-corrected chi connectivity index (χ2v) is 7.98. The largest absolute Gasteiger partial charge is 0.507 e. The van der Waals surface area contributed by atoms with Crippen LogP contribution < -0.4 is 4.74 Å². The van der Waals surface area contributed by atoms with E-state index in [0.717, 1.165) is 34.1 Å². The van der Waals surface area contributed by atoms with Gasteiger partial charge in [-0.2, -0.15) is 0 Å². The molecule has 3 aromatic carbocycles. The smallest absolute Gasteiger partial charge is 0.295 e. The van der Waals surface area contributed by atoms with Gasteiger partial charge in [0.15, 0.2) is 0 Å². The molecule has 3 aromatic rings. The minimum Gasteiger partial charge on any atom is -0.507 e. The van der Waals surface area contributed by atoms with Gasteiger partial charge in [0.05, 0.1) is 18.2 Å². The number of aliphatic hydroxyl groups excluding tert-OH is 1. The minimum absolute atomic E-state index is 0.135. The summed E-state index contributed by atoms with van der Waals surface area (Å²) < 4.78 is 5.56. The van der Waals surface area contributed by atoms with Crippen molar-refractivity contribution in [2.45, 2.75) is 25.8 Å². The highest BCUT2D eigenvalue weighted by Crippen LogP contribution is 2.42. The van der Waals surface area contributed by atoms with E-state index in [1.54, 1.807) is 11.0 Å². The molecule has 156 valence electrons. The van der Waals surface area contributed by atoms with Gasteiger partial charge in [0.1, 0.15) is 11.5 Å². The van der Waals surface area contributed by atoms with Crippen molar-refractivity contribution >= 4 is 28.2 Å². The molecular formula is C26H23NO4. The van der Waals surface area contributed by atoms with Crippen LogP contribution in [0, 0.1) is 0 Å². The highest BCUT2D eigenvalue weighted by atomic mass is 16.5. The Balaban J connectivity index is 1.73. The summed E-state index contributed by atoms with van der Waals surface area (Å²) in [6.45, 7) is 3.02. The summed E-state index contributed by atoms with van der Waals surface area (Å²) in [6, 6.07) is 18.5. The highest BCUT2D eigenvalue weighted by molar-refractivity contribution is 6.46. The molecule has 0 aromatic heterocycles. The first kappa shape index (κ1) is 19.4. The molecular weight excluding hydrogens is 390 g/mol. The van der Waals surface area contributed by atoms with E-state index in [2.05, 4.69) is 0 Å². The number of fused-ring (bicyclic) bond motifs is 2. The lowest BCUT2D eigenvalue weighted by Gasteiger charge is -2.26. The van der Waals surface area contributed by atoms with Crippen molar-refractivity contribution in [3.05, 3.63) is 82.9 Å². The molecule has 0 aliphatic carbocycles. The summed E-state index contributed by atoms with van der Waals surface area (Å²) in [6.07, 6.45) is 1.47. The van der Waals surface area contributed by atoms with Crippen LogP contribution >= 0.6 is 0 Å². The van der Waals surface area contributed by atoms with Gasteiger partial charge < -0.3 is 14.7 Å². The molecule has 1 fully saturated rings. The van der Waals surface area contributed by atoms with Gasteiger partial charge in [-0.1, -0.05) is 49.4 Å². The van der Waals surface area contributed by atoms with Crippen LogP contribution in [0.2, 0.25) is 0 Å². The third-order valence-corrected chi connectivity index (χ3v) is 6.09. The van der Waals surface area contributed by atoms with Crippen molar-refractivity contribution in [3.8, 4) is 5.75 Å². The zero-order chi connectivity index (χ0) is 21.5. The van der Waals surface area contributed by atoms with Crippen LogP contribution in [0.4, 0.5) is 0 Å². The van der Waals surface area contributed by atoms with Crippen LogP contribution in [0.5, 0.6) is 5.75 Å². The number of hydrogen-bond acceptors (Lipinski definition) is 4. The van der Waals surface area contributed by atoms with E-state index in [-0.39, 0.29) is 11.3 Å². The standard InChI is InChI=1S/C26H23NO4/c1-2-13-27-23(20-9-5-7-16-6-3-4-8-19(16)20)22(25(29)26(27)30)24(28)18-10-11-21-17(15-18)12-14-31-21/h3-11,15,23,28H,2,12-14H2,1H3/b24-22-. The molecule has 2 aliphatic heterocycles. The van der Waals surface area contributed by atoms with Crippen LogP contribution in [-0.2, 0) is 16.0 Å². The summed E-state index contributed by atoms with van der Waals surface area (Å²) in [5.41, 5.74) is 2.52. The van der Waals surface area contributed by atoms with Gasteiger partial charge in [0.2, 0.25) is 0 Å². The third-order valence-electron chi connectivity index (χ3n) is 6.09. The van der Waals surface area contributed by atoms with Crippen LogP contribution in [-0.4, -0.2) is 34.8 Å². The highest BCUT2D eigenvalue weighted by Gasteiger charge is 2.46. The summed E-state index contributed by atoms with van der Waals surface area (Å²) in [5.74, 6) is -0.537. The van der Waals surface area contributed by atoms with E-state index in [4.69, 9.17) is 4.74 Å². The van der Waals surface area contributed by atoms with E-state index < -0.39 is 17.7 Å². The first-order chi connectivity index (χ1) is 15.1. The van der Waals surface area contributed by atoms with Gasteiger partial charge >= 0.3 is 0 Å². The van der Waals surface area contributed by atoms with Crippen molar-refractivity contribution in [2.75, 3.05) is 13.2 Å². The maximum Gasteiger partial charge on any atom is 0.295 e. The number of Topliss-reactive ketones (excluding diaryl/α,β-unsaturated/α-hetero) is 1. The third kappa shape index (κ3) is 3.08. The van der Waals surface area contributed by atoms with Crippen molar-refractivity contribution in [2.24, 2.45) is 0 Å². The monoisotopic (exact) mass is 413 g/mol. The Hall–Kier alpha value is -3.60. The van der Waals surface area contributed by atoms with Crippen molar-refractivity contribution < 1.29 is 19.4 Å². The Morgan fingerprint density at radius 3 is 2.74 bits per heavy atom. The SMILES string of the molecule is CCCN1C(=O)C(=O)/C(=C(\O)c2ccc3c(c2)CCO3)C1c1cccc2ccccc12. The predicted molar refractivity (Wildman–Crippen MR) is 119 cm³/mol. The first-order valence-electron chi connectivity index (χ1n) is 10.6. The molecule has 5 heteroatoms. The number of carbonyl (C=O) groups is 2. The molecule has 0 saturated carbocycles. The first-order valence-corrected chi connectivity index (χ1v) is 10.6. The molecule has 1 unspecified atom stereocenters. The fraction of sp³-hybridized carbons (Fsp3) is 0.231. The average Bonchev–Trinajstić information content (AvgIpc) is 3.36. The van der Waals surface area contributed by atoms with Crippen molar-refractivity contribution in [3.63, 3.8) is 0 Å². The van der Waals surface area contributed by atoms with Gasteiger partial charge in [0, 0.05) is 18.5 Å². The number of rotatable bonds is 4. The van der Waals surface area contributed by atoms with E-state index >= 15 is 0 Å². The molecule has 5 rings (SSSR count). The van der Waals surface area contributed by atoms with Crippen LogP contribution in [0.3, 0.4) is 0 Å². The van der Waals surface area contributed by atoms with Crippen LogP contribution in [0.15, 0.2) is 66.2 Å². The number of aliphatic hydroxyl groups is 1. The van der Waals surface area contributed by atoms with Crippen molar-refractivity contribution in [1.29, 1.82) is 0 Å². The lowest BCUT2D eigenvalue weighted by atomic mass is 9.91. The maximum absolute atomic E-state index is 13.1. The van der Waals surface area contributed by atoms with Gasteiger partial charge in [-0.15, -0.1) is 0 Å². The number of amides is 1. The zero-order valence-corrected chi connectivity index (χ0v) is 17.3. The fourth-order valence-corrected chi connectivity index (χ4v) is 4.65. The van der Waals surface area contributed by atoms with Crippen LogP contribution in [0.25, 0.3) is 16.5 Å². The summed E-state index contributed by atoms with van der Waals surface area (Å²) in [7, 11) is 0. The normalized spacial score (nSPS) is 19.6. The molecule has 5 nitrogen and oxygen atoms in total. The quantitative estimate of drug-likeness (QED) is 0.385. The number of benzene rings is 3. The number of hydrogen-bond donors (Lipinski definition) is 1. The predicted octanol–water partition coefficient (Wildman–Crippen LogP) is 4.61. The number of ether oxygens (including phenoxy) is 1. The number of ketones is 1. The molecule has 0 spiro atoms. The van der Waals surface area contributed by atoms with Crippen LogP contribution in [0.1, 0.15) is 36.1 Å². The number of likely N-dealkylation sites (tertiary alicyclic amines) is 1. The molecule has 0 bridgehead atoms. The zero-order valence-electron chi connectivity index (χ0n) is 17.3. The minimum atomic E-state index is -0.638. The van der Waals surface area contributed by atoms with Gasteiger partial charge in [-0.05, 0) is 46.5 Å². The number of carbonyl (C=O) groups excluding carboxylic acids is 2. The molecule has 31 heavy (non-hydrogen) atoms. The summed E-state index contributed by atoms with van der Waals surface area (Å²) >= 11 is 0. The Morgan fingerprint density at radius 1 is 1.10 bits per heavy atom. The van der Waals surface area contributed by atoms with Gasteiger partial charge in [-0.25, -0.2) is 0 Å². The lowest BCUT2D eigenvalue weighted by molar-refractivity contribution is -0.139. The second-order valence-electron chi connectivity index (χ2n) is 7.98.